The van der Waals surface area contributed by atoms with Crippen LogP contribution in [0.15, 0.2) is 12.7 Å². The Morgan fingerprint density at radius 3 is 2.19 bits per heavy atom. The van der Waals surface area contributed by atoms with Gasteiger partial charge >= 0.3 is 0 Å². The van der Waals surface area contributed by atoms with Crippen molar-refractivity contribution in [2.45, 2.75) is 70.9 Å². The van der Waals surface area contributed by atoms with Crippen LogP contribution in [-0.4, -0.2) is 25.6 Å². The summed E-state index contributed by atoms with van der Waals surface area (Å²) in [4.78, 5) is 0. The quantitative estimate of drug-likeness (QED) is 0.570. The van der Waals surface area contributed by atoms with Gasteiger partial charge in [-0.05, 0) is 31.0 Å². The molecule has 16 heavy (non-hydrogen) atoms. The first-order chi connectivity index (χ1) is 7.15. The fraction of sp³-hybridized carbons (Fsp3) is 0.846. The van der Waals surface area contributed by atoms with E-state index in [0.717, 1.165) is 12.8 Å². The molecular formula is C13H28O2Si. The standard InChI is InChI=1S/C13H28O2Si/c1-8-10-12(11(14)9-2)15-16(6,7)13(3,4)5/h8,11-12,14H,1,9-10H2,2-7H3/t11-,12-/m1/s1. The molecule has 3 heteroatoms. The lowest BCUT2D eigenvalue weighted by Gasteiger charge is -2.40. The number of hydrogen-bond acceptors (Lipinski definition) is 2. The third kappa shape index (κ3) is 4.40. The highest BCUT2D eigenvalue weighted by Gasteiger charge is 2.39. The Labute approximate surface area is 102 Å². The minimum absolute atomic E-state index is 0.0941. The van der Waals surface area contributed by atoms with Crippen molar-refractivity contribution in [1.82, 2.24) is 0 Å². The molecule has 0 aromatic rings. The van der Waals surface area contributed by atoms with Crippen molar-refractivity contribution < 1.29 is 9.53 Å². The molecule has 0 saturated carbocycles. The smallest absolute Gasteiger partial charge is 0.192 e. The van der Waals surface area contributed by atoms with Crippen molar-refractivity contribution in [3.05, 3.63) is 12.7 Å². The molecule has 2 nitrogen and oxygen atoms in total. The maximum Gasteiger partial charge on any atom is 0.192 e. The number of hydrogen-bond donors (Lipinski definition) is 1. The third-order valence-corrected chi connectivity index (χ3v) is 8.00. The van der Waals surface area contributed by atoms with Crippen molar-refractivity contribution in [2.24, 2.45) is 0 Å². The lowest BCUT2D eigenvalue weighted by molar-refractivity contribution is 0.0274. The van der Waals surface area contributed by atoms with Crippen LogP contribution in [0.25, 0.3) is 0 Å². The zero-order chi connectivity index (χ0) is 13.0. The second-order valence-corrected chi connectivity index (χ2v) is 10.7. The normalized spacial score (nSPS) is 16.9. The lowest BCUT2D eigenvalue weighted by Crippen LogP contribution is -2.46. The van der Waals surface area contributed by atoms with E-state index in [1.54, 1.807) is 0 Å². The molecule has 0 fully saturated rings. The molecule has 0 aromatic carbocycles. The Balaban J connectivity index is 4.68. The van der Waals surface area contributed by atoms with Gasteiger partial charge in [-0.3, -0.25) is 0 Å². The number of rotatable bonds is 6. The van der Waals surface area contributed by atoms with Gasteiger partial charge in [0.2, 0.25) is 0 Å². The highest BCUT2D eigenvalue weighted by Crippen LogP contribution is 2.38. The van der Waals surface area contributed by atoms with Crippen molar-refractivity contribution in [3.63, 3.8) is 0 Å². The van der Waals surface area contributed by atoms with Crippen molar-refractivity contribution in [2.75, 3.05) is 0 Å². The van der Waals surface area contributed by atoms with E-state index in [9.17, 15) is 5.11 Å². The SMILES string of the molecule is C=CC[C@@H](O[Si](C)(C)C(C)(C)C)[C@H](O)CC. The summed E-state index contributed by atoms with van der Waals surface area (Å²) in [6, 6.07) is 0. The highest BCUT2D eigenvalue weighted by atomic mass is 28.4. The monoisotopic (exact) mass is 244 g/mol. The molecule has 0 rings (SSSR count). The molecule has 0 aromatic heterocycles. The van der Waals surface area contributed by atoms with Crippen molar-refractivity contribution >= 4 is 8.32 Å². The highest BCUT2D eigenvalue weighted by molar-refractivity contribution is 6.74. The van der Waals surface area contributed by atoms with E-state index in [1.807, 2.05) is 13.0 Å². The minimum atomic E-state index is -1.79. The number of aliphatic hydroxyl groups is 1. The van der Waals surface area contributed by atoms with Crippen molar-refractivity contribution in [1.29, 1.82) is 0 Å². The summed E-state index contributed by atoms with van der Waals surface area (Å²) in [6.45, 7) is 16.8. The molecule has 2 atom stereocenters. The Hall–Kier alpha value is -0.123. The molecule has 0 unspecified atom stereocenters. The maximum absolute atomic E-state index is 9.93. The van der Waals surface area contributed by atoms with Crippen LogP contribution in [0, 0.1) is 0 Å². The third-order valence-electron chi connectivity index (χ3n) is 3.50. The summed E-state index contributed by atoms with van der Waals surface area (Å²) in [6.07, 6.45) is 2.81. The molecule has 96 valence electrons. The van der Waals surface area contributed by atoms with Crippen LogP contribution in [0.4, 0.5) is 0 Å². The van der Waals surface area contributed by atoms with Gasteiger partial charge in [0.05, 0.1) is 12.2 Å². The minimum Gasteiger partial charge on any atom is -0.411 e. The van der Waals surface area contributed by atoms with Gasteiger partial charge in [-0.25, -0.2) is 0 Å². The largest absolute Gasteiger partial charge is 0.411 e. The Morgan fingerprint density at radius 1 is 1.38 bits per heavy atom. The first-order valence-electron chi connectivity index (χ1n) is 6.12. The van der Waals surface area contributed by atoms with Crippen LogP contribution >= 0.6 is 0 Å². The summed E-state index contributed by atoms with van der Waals surface area (Å²) in [5.74, 6) is 0. The van der Waals surface area contributed by atoms with Crippen molar-refractivity contribution in [3.8, 4) is 0 Å². The summed E-state index contributed by atoms with van der Waals surface area (Å²) in [5.41, 5.74) is 0. The molecule has 0 heterocycles. The predicted molar refractivity (Wildman–Crippen MR) is 73.2 cm³/mol. The molecule has 0 amide bonds. The van der Waals surface area contributed by atoms with E-state index in [-0.39, 0.29) is 17.2 Å². The van der Waals surface area contributed by atoms with Gasteiger partial charge in [-0.2, -0.15) is 0 Å². The Bertz CT molecular complexity index is 218. The number of aliphatic hydroxyl groups excluding tert-OH is 1. The molecule has 0 radical (unpaired) electrons. The molecule has 0 bridgehead atoms. The van der Waals surface area contributed by atoms with E-state index in [4.69, 9.17) is 4.43 Å². The van der Waals surface area contributed by atoms with E-state index in [2.05, 4.69) is 40.4 Å². The average molecular weight is 244 g/mol. The molecule has 0 aliphatic carbocycles. The van der Waals surface area contributed by atoms with Crippen LogP contribution < -0.4 is 0 Å². The molecule has 0 aliphatic heterocycles. The summed E-state index contributed by atoms with van der Waals surface area (Å²) < 4.78 is 6.21. The van der Waals surface area contributed by atoms with Crippen LogP contribution in [-0.2, 0) is 4.43 Å². The molecule has 0 saturated heterocycles. The van der Waals surface area contributed by atoms with E-state index >= 15 is 0 Å². The topological polar surface area (TPSA) is 29.5 Å². The van der Waals surface area contributed by atoms with Gasteiger partial charge < -0.3 is 9.53 Å². The van der Waals surface area contributed by atoms with Gasteiger partial charge in [0.25, 0.3) is 0 Å². The van der Waals surface area contributed by atoms with E-state index < -0.39 is 8.32 Å². The van der Waals surface area contributed by atoms with Crippen LogP contribution in [0.2, 0.25) is 18.1 Å². The van der Waals surface area contributed by atoms with Crippen LogP contribution in [0.3, 0.4) is 0 Å². The van der Waals surface area contributed by atoms with Gasteiger partial charge in [0, 0.05) is 0 Å². The fourth-order valence-electron chi connectivity index (χ4n) is 1.27. The zero-order valence-corrected chi connectivity index (χ0v) is 12.7. The van der Waals surface area contributed by atoms with Gasteiger partial charge in [-0.1, -0.05) is 33.8 Å². The lowest BCUT2D eigenvalue weighted by atomic mass is 10.1. The zero-order valence-electron chi connectivity index (χ0n) is 11.7. The second-order valence-electron chi connectivity index (χ2n) is 5.92. The van der Waals surface area contributed by atoms with Gasteiger partial charge in [0.1, 0.15) is 0 Å². The fourth-order valence-corrected chi connectivity index (χ4v) is 2.63. The van der Waals surface area contributed by atoms with Gasteiger partial charge in [0.15, 0.2) is 8.32 Å². The average Bonchev–Trinajstić information content (AvgIpc) is 2.14. The summed E-state index contributed by atoms with van der Waals surface area (Å²) in [5, 5.41) is 10.1. The van der Waals surface area contributed by atoms with E-state index in [0.29, 0.717) is 0 Å². The first kappa shape index (κ1) is 15.9. The molecular weight excluding hydrogens is 216 g/mol. The Kier molecular flexibility index (Phi) is 5.94. The predicted octanol–water partition coefficient (Wildman–Crippen LogP) is 3.72. The van der Waals surface area contributed by atoms with Gasteiger partial charge in [-0.15, -0.1) is 6.58 Å². The second kappa shape index (κ2) is 5.99. The summed E-state index contributed by atoms with van der Waals surface area (Å²) >= 11 is 0. The summed E-state index contributed by atoms with van der Waals surface area (Å²) in [7, 11) is -1.79. The Morgan fingerprint density at radius 2 is 1.88 bits per heavy atom. The molecule has 1 N–H and O–H groups in total. The maximum atomic E-state index is 9.93. The van der Waals surface area contributed by atoms with Crippen LogP contribution in [0.5, 0.6) is 0 Å². The first-order valence-corrected chi connectivity index (χ1v) is 9.03. The van der Waals surface area contributed by atoms with E-state index in [1.165, 1.54) is 0 Å². The molecule has 0 spiro atoms. The molecule has 0 aliphatic rings. The van der Waals surface area contributed by atoms with Crippen LogP contribution in [0.1, 0.15) is 40.5 Å².